The molecule has 10 atom stereocenters. The number of carbonyl (C=O) groups excluding carboxylic acids is 9. The van der Waals surface area contributed by atoms with Crippen molar-refractivity contribution in [2.75, 3.05) is 37.7 Å². The van der Waals surface area contributed by atoms with Crippen molar-refractivity contribution in [3.8, 4) is 0 Å². The molecule has 0 radical (unpaired) electrons. The van der Waals surface area contributed by atoms with Crippen molar-refractivity contribution in [3.63, 3.8) is 0 Å². The smallest absolute Gasteiger partial charge is 0.248 e. The van der Waals surface area contributed by atoms with E-state index >= 15 is 0 Å². The fourth-order valence-corrected chi connectivity index (χ4v) is 7.23. The molecule has 350 valence electrons. The van der Waals surface area contributed by atoms with Crippen molar-refractivity contribution in [3.05, 3.63) is 23.4 Å². The van der Waals surface area contributed by atoms with Crippen LogP contribution in [0.2, 0.25) is 0 Å². The maximum atomic E-state index is 14.0. The first-order chi connectivity index (χ1) is 29.0. The third-order valence-corrected chi connectivity index (χ3v) is 11.3. The molecule has 1 heterocycles. The normalized spacial score (nSPS) is 18.9. The SMILES string of the molecule is C=C(N/C(C)=C\CSN)[S+]([O-])C[C@H](NC(=O)CNC(=O)[C@@H](NC(=O)CNC(C)=O)[C@@H](C)CC)C(=O)N[C@@H](CC(N)=O)C(=O)N1C[C@H](O)C[C@H]1C(=O)N[C@H](C(N)=O)[C@@H](C)[C@@H](O)CO. The van der Waals surface area contributed by atoms with Crippen LogP contribution < -0.4 is 53.8 Å². The van der Waals surface area contributed by atoms with Gasteiger partial charge in [0, 0.05) is 48.4 Å². The lowest BCUT2D eigenvalue weighted by Gasteiger charge is -2.31. The summed E-state index contributed by atoms with van der Waals surface area (Å²) in [5, 5.41) is 52.2. The summed E-state index contributed by atoms with van der Waals surface area (Å²) in [4.78, 5) is 117. The average molecular weight is 920 g/mol. The number of hydrogen-bond acceptors (Lipinski definition) is 16. The first-order valence-electron chi connectivity index (χ1n) is 19.4. The highest BCUT2D eigenvalue weighted by Gasteiger charge is 2.44. The Labute approximate surface area is 366 Å². The van der Waals surface area contributed by atoms with Gasteiger partial charge in [-0.3, -0.25) is 48.3 Å². The van der Waals surface area contributed by atoms with E-state index in [1.54, 1.807) is 26.8 Å². The summed E-state index contributed by atoms with van der Waals surface area (Å²) < 4.78 is 13.5. The summed E-state index contributed by atoms with van der Waals surface area (Å²) in [6.45, 7) is 8.83. The van der Waals surface area contributed by atoms with Crippen LogP contribution in [-0.2, 0) is 54.3 Å². The summed E-state index contributed by atoms with van der Waals surface area (Å²) >= 11 is -1.13. The highest BCUT2D eigenvalue weighted by Crippen LogP contribution is 2.21. The Morgan fingerprint density at radius 1 is 0.935 bits per heavy atom. The number of carbonyl (C=O) groups is 9. The minimum Gasteiger partial charge on any atom is -0.610 e. The maximum absolute atomic E-state index is 14.0. The Morgan fingerprint density at radius 2 is 1.55 bits per heavy atom. The molecule has 0 bridgehead atoms. The highest BCUT2D eigenvalue weighted by atomic mass is 32.2. The summed E-state index contributed by atoms with van der Waals surface area (Å²) in [5.74, 6) is -10.3. The number of β-amino-alcohol motifs (C(OH)–C–C–N with tert-alkyl or cyclic N) is 1. The number of allylic oxidation sites excluding steroid dienone is 1. The van der Waals surface area contributed by atoms with Gasteiger partial charge in [-0.25, -0.2) is 0 Å². The molecule has 1 aliphatic rings. The van der Waals surface area contributed by atoms with E-state index in [-0.39, 0.29) is 11.4 Å². The van der Waals surface area contributed by atoms with Crippen LogP contribution in [0.1, 0.15) is 53.9 Å². The number of nitrogens with two attached hydrogens (primary N) is 3. The minimum absolute atomic E-state index is 0.104. The van der Waals surface area contributed by atoms with Crippen LogP contribution in [0.15, 0.2) is 23.4 Å². The molecule has 9 amide bonds. The maximum Gasteiger partial charge on any atom is 0.248 e. The van der Waals surface area contributed by atoms with Crippen LogP contribution in [0.25, 0.3) is 0 Å². The van der Waals surface area contributed by atoms with Gasteiger partial charge < -0.3 is 73.5 Å². The molecule has 0 aromatic carbocycles. The fraction of sp³-hybridized carbons (Fsp3) is 0.639. The van der Waals surface area contributed by atoms with Crippen LogP contribution in [0.3, 0.4) is 0 Å². The molecule has 0 saturated carbocycles. The predicted molar refractivity (Wildman–Crippen MR) is 226 cm³/mol. The zero-order valence-corrected chi connectivity index (χ0v) is 36.9. The lowest BCUT2D eigenvalue weighted by atomic mass is 9.95. The van der Waals surface area contributed by atoms with Crippen LogP contribution >= 0.6 is 11.9 Å². The zero-order chi connectivity index (χ0) is 47.4. The van der Waals surface area contributed by atoms with Crippen LogP contribution in [-0.4, -0.2) is 158 Å². The number of aliphatic hydroxyl groups is 3. The van der Waals surface area contributed by atoms with Crippen molar-refractivity contribution in [2.45, 2.75) is 96.3 Å². The second kappa shape index (κ2) is 27.2. The standard InChI is InChI=1S/C36H61N11O13S2/c1-7-17(2)30(45-29(54)12-40-20(5)49)35(58)41-13-28(53)43-24(16-62(60)21(6)42-18(3)8-9-61-39)33(56)44-23(11-27(37)52)36(59)47-14-22(50)10-25(47)34(57)46-31(32(38)55)19(4)26(51)15-48/h8,17,19,22-26,30-31,42,48,50-51H,6-7,9-16,39H2,1-5H3,(H2,37,52)(H2,38,55)(H,40,49)(H,41,58)(H,43,53)(H,44,56)(H,45,54)(H,46,57)/b18-8-/t17-,19-,22+,23-,24-,25-,26-,30-,31-,62?/m0/s1. The number of hydrogen-bond donors (Lipinski definition) is 13. The van der Waals surface area contributed by atoms with E-state index in [1.807, 2.05) is 0 Å². The van der Waals surface area contributed by atoms with E-state index in [1.165, 1.54) is 13.8 Å². The monoisotopic (exact) mass is 919 g/mol. The van der Waals surface area contributed by atoms with Crippen LogP contribution in [0.4, 0.5) is 0 Å². The second-order valence-corrected chi connectivity index (χ2v) is 16.8. The van der Waals surface area contributed by atoms with Gasteiger partial charge in [0.05, 0.1) is 38.3 Å². The number of likely N-dealkylation sites (tertiary alicyclic amines) is 1. The topological polar surface area (TPSA) is 403 Å². The van der Waals surface area contributed by atoms with Crippen molar-refractivity contribution in [1.82, 2.24) is 42.1 Å². The molecule has 1 unspecified atom stereocenters. The Hall–Kier alpha value is -4.99. The van der Waals surface area contributed by atoms with Gasteiger partial charge in [-0.05, 0) is 19.4 Å². The number of primary amides is 2. The third-order valence-electron chi connectivity index (χ3n) is 9.61. The molecule has 1 saturated heterocycles. The molecule has 0 aromatic rings. The predicted octanol–water partition coefficient (Wildman–Crippen LogP) is -6.14. The number of nitrogens with zero attached hydrogens (tertiary/aromatic N) is 1. The first-order valence-corrected chi connectivity index (χ1v) is 21.7. The molecule has 0 aromatic heterocycles. The van der Waals surface area contributed by atoms with E-state index in [0.717, 1.165) is 16.8 Å². The number of nitrogens with one attached hydrogen (secondary N) is 7. The summed E-state index contributed by atoms with van der Waals surface area (Å²) in [5.41, 5.74) is 11.3. The molecule has 62 heavy (non-hydrogen) atoms. The Balaban J connectivity index is 3.43. The van der Waals surface area contributed by atoms with E-state index in [2.05, 4.69) is 43.8 Å². The Bertz CT molecular complexity index is 1670. The molecule has 0 aliphatic carbocycles. The lowest BCUT2D eigenvalue weighted by Crippen LogP contribution is -2.60. The molecule has 16 N–H and O–H groups in total. The number of rotatable bonds is 27. The molecule has 26 heteroatoms. The first kappa shape index (κ1) is 55.0. The largest absolute Gasteiger partial charge is 0.610 e. The van der Waals surface area contributed by atoms with Gasteiger partial charge in [-0.2, -0.15) is 0 Å². The van der Waals surface area contributed by atoms with Gasteiger partial charge in [0.1, 0.15) is 29.9 Å². The Morgan fingerprint density at radius 3 is 2.10 bits per heavy atom. The van der Waals surface area contributed by atoms with E-state index in [9.17, 15) is 63.0 Å². The van der Waals surface area contributed by atoms with E-state index in [0.29, 0.717) is 17.9 Å². The van der Waals surface area contributed by atoms with Crippen molar-refractivity contribution >= 4 is 76.3 Å². The van der Waals surface area contributed by atoms with Gasteiger partial charge in [0.25, 0.3) is 0 Å². The number of aliphatic hydroxyl groups excluding tert-OH is 3. The molecular weight excluding hydrogens is 859 g/mol. The summed E-state index contributed by atoms with van der Waals surface area (Å²) in [6.07, 6.45) is -1.94. The van der Waals surface area contributed by atoms with Gasteiger partial charge in [0.15, 0.2) is 6.04 Å². The lowest BCUT2D eigenvalue weighted by molar-refractivity contribution is -0.143. The average Bonchev–Trinajstić information content (AvgIpc) is 3.61. The molecule has 1 fully saturated rings. The van der Waals surface area contributed by atoms with Gasteiger partial charge in [0.2, 0.25) is 58.2 Å². The summed E-state index contributed by atoms with van der Waals surface area (Å²) in [6, 6.07) is -7.78. The second-order valence-electron chi connectivity index (χ2n) is 14.6. The highest BCUT2D eigenvalue weighted by molar-refractivity contribution is 7.97. The molecule has 1 rings (SSSR count). The van der Waals surface area contributed by atoms with Crippen LogP contribution in [0, 0.1) is 11.8 Å². The van der Waals surface area contributed by atoms with E-state index in [4.69, 9.17) is 16.6 Å². The van der Waals surface area contributed by atoms with Crippen LogP contribution in [0.5, 0.6) is 0 Å². The van der Waals surface area contributed by atoms with Crippen molar-refractivity contribution < 1.29 is 63.0 Å². The summed E-state index contributed by atoms with van der Waals surface area (Å²) in [7, 11) is 0. The van der Waals surface area contributed by atoms with Gasteiger partial charge >= 0.3 is 0 Å². The van der Waals surface area contributed by atoms with E-state index < -0.39 is 157 Å². The van der Waals surface area contributed by atoms with Gasteiger partial charge in [-0.15, -0.1) is 0 Å². The number of amides is 9. The molecule has 1 aliphatic heterocycles. The zero-order valence-electron chi connectivity index (χ0n) is 35.3. The quantitative estimate of drug-likeness (QED) is 0.0269. The molecule has 24 nitrogen and oxygen atoms in total. The molecule has 0 spiro atoms. The van der Waals surface area contributed by atoms with Crippen molar-refractivity contribution in [1.29, 1.82) is 0 Å². The third kappa shape index (κ3) is 18.5. The van der Waals surface area contributed by atoms with Crippen molar-refractivity contribution in [2.24, 2.45) is 28.4 Å². The van der Waals surface area contributed by atoms with Gasteiger partial charge in [-0.1, -0.05) is 45.2 Å². The molecular formula is C36H61N11O13S2. The Kier molecular flexibility index (Phi) is 24.1. The fourth-order valence-electron chi connectivity index (χ4n) is 5.87. The minimum atomic E-state index is -2.14.